The van der Waals surface area contributed by atoms with E-state index in [1.807, 2.05) is 12.1 Å². The molecule has 1 N–H and O–H groups in total. The quantitative estimate of drug-likeness (QED) is 0.906. The van der Waals surface area contributed by atoms with E-state index >= 15 is 0 Å². The lowest BCUT2D eigenvalue weighted by Crippen LogP contribution is -2.42. The Labute approximate surface area is 114 Å². The Bertz CT molecular complexity index is 441. The lowest BCUT2D eigenvalue weighted by Gasteiger charge is -2.24. The van der Waals surface area contributed by atoms with Gasteiger partial charge in [-0.2, -0.15) is 0 Å². The fourth-order valence-electron chi connectivity index (χ4n) is 2.51. The first kappa shape index (κ1) is 12.8. The summed E-state index contributed by atoms with van der Waals surface area (Å²) in [7, 11) is 0. The van der Waals surface area contributed by atoms with Crippen molar-refractivity contribution in [1.82, 2.24) is 5.32 Å². The molecule has 0 amide bonds. The van der Waals surface area contributed by atoms with Crippen LogP contribution in [0.5, 0.6) is 11.5 Å². The number of rotatable bonds is 3. The molecular formula is C15H21NO3. The molecule has 1 aromatic rings. The standard InChI is InChI=1S/C15H21NO3/c1-15(6-9-17-11-15)16-10-12-4-2-5-13-14(12)19-8-3-7-18-13/h2,4-5,16H,3,6-11H2,1H3. The molecule has 19 heavy (non-hydrogen) atoms. The highest BCUT2D eigenvalue weighted by Crippen LogP contribution is 2.33. The van der Waals surface area contributed by atoms with Crippen LogP contribution in [0.1, 0.15) is 25.3 Å². The van der Waals surface area contributed by atoms with Gasteiger partial charge in [-0.3, -0.25) is 0 Å². The van der Waals surface area contributed by atoms with Crippen molar-refractivity contribution in [1.29, 1.82) is 0 Å². The zero-order chi connectivity index (χ0) is 13.1. The van der Waals surface area contributed by atoms with Gasteiger partial charge in [-0.1, -0.05) is 12.1 Å². The minimum Gasteiger partial charge on any atom is -0.490 e. The van der Waals surface area contributed by atoms with Gasteiger partial charge in [-0.05, 0) is 19.4 Å². The van der Waals surface area contributed by atoms with Crippen molar-refractivity contribution in [3.63, 3.8) is 0 Å². The van der Waals surface area contributed by atoms with Crippen LogP contribution in [0.3, 0.4) is 0 Å². The molecule has 2 aliphatic heterocycles. The summed E-state index contributed by atoms with van der Waals surface area (Å²) >= 11 is 0. The monoisotopic (exact) mass is 263 g/mol. The summed E-state index contributed by atoms with van der Waals surface area (Å²) < 4.78 is 17.0. The zero-order valence-corrected chi connectivity index (χ0v) is 11.4. The Morgan fingerprint density at radius 3 is 2.95 bits per heavy atom. The molecule has 2 heterocycles. The maximum atomic E-state index is 5.83. The van der Waals surface area contributed by atoms with E-state index in [0.29, 0.717) is 0 Å². The van der Waals surface area contributed by atoms with Crippen molar-refractivity contribution in [2.45, 2.75) is 31.8 Å². The predicted octanol–water partition coefficient (Wildman–Crippen LogP) is 2.12. The number of benzene rings is 1. The second-order valence-corrected chi connectivity index (χ2v) is 5.51. The number of fused-ring (bicyclic) bond motifs is 1. The third kappa shape index (κ3) is 2.85. The third-order valence-electron chi connectivity index (χ3n) is 3.78. The summed E-state index contributed by atoms with van der Waals surface area (Å²) in [5, 5.41) is 3.58. The Hall–Kier alpha value is -1.26. The molecule has 0 aromatic heterocycles. The van der Waals surface area contributed by atoms with Crippen molar-refractivity contribution in [2.75, 3.05) is 26.4 Å². The fraction of sp³-hybridized carbons (Fsp3) is 0.600. The van der Waals surface area contributed by atoms with Gasteiger partial charge in [0.15, 0.2) is 11.5 Å². The minimum atomic E-state index is 0.0777. The Morgan fingerprint density at radius 1 is 1.21 bits per heavy atom. The molecule has 1 fully saturated rings. The van der Waals surface area contributed by atoms with E-state index < -0.39 is 0 Å². The van der Waals surface area contributed by atoms with Crippen LogP contribution in [0, 0.1) is 0 Å². The summed E-state index contributed by atoms with van der Waals surface area (Å²) in [6, 6.07) is 6.10. The van der Waals surface area contributed by atoms with Crippen LogP contribution in [-0.2, 0) is 11.3 Å². The number of ether oxygens (including phenoxy) is 3. The van der Waals surface area contributed by atoms with Gasteiger partial charge in [-0.25, -0.2) is 0 Å². The van der Waals surface area contributed by atoms with Crippen LogP contribution in [-0.4, -0.2) is 32.0 Å². The number of hydrogen-bond donors (Lipinski definition) is 1. The third-order valence-corrected chi connectivity index (χ3v) is 3.78. The molecule has 0 radical (unpaired) electrons. The van der Waals surface area contributed by atoms with E-state index in [0.717, 1.165) is 62.9 Å². The average molecular weight is 263 g/mol. The van der Waals surface area contributed by atoms with Crippen molar-refractivity contribution >= 4 is 0 Å². The van der Waals surface area contributed by atoms with Crippen molar-refractivity contribution < 1.29 is 14.2 Å². The Kier molecular flexibility index (Phi) is 3.62. The highest BCUT2D eigenvalue weighted by atomic mass is 16.5. The van der Waals surface area contributed by atoms with E-state index in [9.17, 15) is 0 Å². The second-order valence-electron chi connectivity index (χ2n) is 5.51. The SMILES string of the molecule is CC1(NCc2cccc3c2OCCCO3)CCOC1. The van der Waals surface area contributed by atoms with E-state index in [-0.39, 0.29) is 5.54 Å². The van der Waals surface area contributed by atoms with Crippen LogP contribution in [0.4, 0.5) is 0 Å². The fourth-order valence-corrected chi connectivity index (χ4v) is 2.51. The van der Waals surface area contributed by atoms with E-state index in [4.69, 9.17) is 14.2 Å². The van der Waals surface area contributed by atoms with Gasteiger partial charge in [0.05, 0.1) is 19.8 Å². The molecule has 0 spiro atoms. The van der Waals surface area contributed by atoms with Gasteiger partial charge in [-0.15, -0.1) is 0 Å². The molecular weight excluding hydrogens is 242 g/mol. The molecule has 3 rings (SSSR count). The zero-order valence-electron chi connectivity index (χ0n) is 11.4. The van der Waals surface area contributed by atoms with Gasteiger partial charge in [0, 0.05) is 30.7 Å². The molecule has 1 saturated heterocycles. The van der Waals surface area contributed by atoms with E-state index in [2.05, 4.69) is 18.3 Å². The first-order valence-corrected chi connectivity index (χ1v) is 6.97. The van der Waals surface area contributed by atoms with Gasteiger partial charge in [0.25, 0.3) is 0 Å². The topological polar surface area (TPSA) is 39.7 Å². The predicted molar refractivity (Wildman–Crippen MR) is 72.7 cm³/mol. The highest BCUT2D eigenvalue weighted by molar-refractivity contribution is 5.47. The molecule has 0 aliphatic carbocycles. The first-order valence-electron chi connectivity index (χ1n) is 6.97. The molecule has 1 aromatic carbocycles. The van der Waals surface area contributed by atoms with Crippen molar-refractivity contribution in [3.05, 3.63) is 23.8 Å². The summed E-state index contributed by atoms with van der Waals surface area (Å²) in [5.74, 6) is 1.76. The van der Waals surface area contributed by atoms with Gasteiger partial charge < -0.3 is 19.5 Å². The van der Waals surface area contributed by atoms with Gasteiger partial charge in [0.1, 0.15) is 0 Å². The summed E-state index contributed by atoms with van der Waals surface area (Å²) in [5.41, 5.74) is 1.24. The molecule has 0 saturated carbocycles. The first-order chi connectivity index (χ1) is 9.27. The Morgan fingerprint density at radius 2 is 2.11 bits per heavy atom. The lowest BCUT2D eigenvalue weighted by atomic mass is 10.0. The van der Waals surface area contributed by atoms with Crippen LogP contribution in [0.2, 0.25) is 0 Å². The highest BCUT2D eigenvalue weighted by Gasteiger charge is 2.29. The molecule has 2 aliphatic rings. The number of para-hydroxylation sites is 1. The molecule has 4 heteroatoms. The largest absolute Gasteiger partial charge is 0.490 e. The minimum absolute atomic E-state index is 0.0777. The maximum Gasteiger partial charge on any atom is 0.165 e. The van der Waals surface area contributed by atoms with Gasteiger partial charge >= 0.3 is 0 Å². The molecule has 1 atom stereocenters. The smallest absolute Gasteiger partial charge is 0.165 e. The summed E-state index contributed by atoms with van der Waals surface area (Å²) in [6.07, 6.45) is 1.99. The second kappa shape index (κ2) is 5.39. The van der Waals surface area contributed by atoms with Crippen molar-refractivity contribution in [3.8, 4) is 11.5 Å². The van der Waals surface area contributed by atoms with Crippen LogP contribution < -0.4 is 14.8 Å². The Balaban J connectivity index is 1.73. The molecule has 104 valence electrons. The molecule has 0 bridgehead atoms. The summed E-state index contributed by atoms with van der Waals surface area (Å²) in [4.78, 5) is 0. The molecule has 1 unspecified atom stereocenters. The maximum absolute atomic E-state index is 5.83. The van der Waals surface area contributed by atoms with Crippen molar-refractivity contribution in [2.24, 2.45) is 0 Å². The molecule has 4 nitrogen and oxygen atoms in total. The van der Waals surface area contributed by atoms with E-state index in [1.165, 1.54) is 0 Å². The van der Waals surface area contributed by atoms with E-state index in [1.54, 1.807) is 0 Å². The van der Waals surface area contributed by atoms with Crippen LogP contribution in [0.25, 0.3) is 0 Å². The summed E-state index contributed by atoms with van der Waals surface area (Å²) in [6.45, 7) is 6.07. The van der Waals surface area contributed by atoms with Crippen LogP contribution in [0.15, 0.2) is 18.2 Å². The normalized spacial score (nSPS) is 26.2. The lowest BCUT2D eigenvalue weighted by molar-refractivity contribution is 0.171. The van der Waals surface area contributed by atoms with Gasteiger partial charge in [0.2, 0.25) is 0 Å². The van der Waals surface area contributed by atoms with Crippen LogP contribution >= 0.6 is 0 Å². The number of nitrogens with one attached hydrogen (secondary N) is 1. The number of hydrogen-bond acceptors (Lipinski definition) is 4. The average Bonchev–Trinajstić information content (AvgIpc) is 2.71.